The summed E-state index contributed by atoms with van der Waals surface area (Å²) < 4.78 is 5.52. The Labute approximate surface area is 178 Å². The summed E-state index contributed by atoms with van der Waals surface area (Å²) in [5.41, 5.74) is -1.84. The SMILES string of the molecule is [C-]#[N+][C@@H]1C[C@@H]2C[C@@H]2N1C(=O)C(NC(=O)OC(C)(C)C)C12CC3CC(CC(O)(C3)C1)C2. The summed E-state index contributed by atoms with van der Waals surface area (Å²) in [5, 5.41) is 14.2. The van der Waals surface area contributed by atoms with Crippen LogP contribution in [0.2, 0.25) is 0 Å². The van der Waals surface area contributed by atoms with Gasteiger partial charge in [-0.3, -0.25) is 14.5 Å². The number of nitrogens with zero attached hydrogens (tertiary/aromatic N) is 2. The molecule has 7 nitrogen and oxygen atoms in total. The molecule has 0 aromatic rings. The summed E-state index contributed by atoms with van der Waals surface area (Å²) in [6, 6.07) is -0.607. The molecule has 2 amide bonds. The van der Waals surface area contributed by atoms with Crippen LogP contribution in [-0.4, -0.2) is 51.5 Å². The lowest BCUT2D eigenvalue weighted by atomic mass is 9.46. The Morgan fingerprint density at radius 2 is 1.83 bits per heavy atom. The molecule has 1 aliphatic heterocycles. The van der Waals surface area contributed by atoms with E-state index < -0.39 is 34.9 Å². The molecule has 6 aliphatic rings. The maximum atomic E-state index is 13.9. The number of rotatable bonds is 3. The maximum absolute atomic E-state index is 13.9. The average molecular weight is 416 g/mol. The summed E-state index contributed by atoms with van der Waals surface area (Å²) in [4.78, 5) is 32.1. The summed E-state index contributed by atoms with van der Waals surface area (Å²) in [7, 11) is 0. The first-order chi connectivity index (χ1) is 14.0. The van der Waals surface area contributed by atoms with E-state index in [0.29, 0.717) is 24.2 Å². The van der Waals surface area contributed by atoms with Crippen molar-refractivity contribution in [2.24, 2.45) is 23.2 Å². The van der Waals surface area contributed by atoms with Gasteiger partial charge in [-0.1, -0.05) is 0 Å². The molecular formula is C23H33N3O4. The monoisotopic (exact) mass is 415 g/mol. The fourth-order valence-corrected chi connectivity index (χ4v) is 7.53. The maximum Gasteiger partial charge on any atom is 0.408 e. The number of carbonyl (C=O) groups is 2. The van der Waals surface area contributed by atoms with E-state index in [4.69, 9.17) is 11.3 Å². The fraction of sp³-hybridized carbons (Fsp3) is 0.870. The second kappa shape index (κ2) is 6.35. The van der Waals surface area contributed by atoms with Gasteiger partial charge in [-0.2, -0.15) is 0 Å². The molecule has 0 radical (unpaired) electrons. The third-order valence-corrected chi connectivity index (χ3v) is 8.08. The van der Waals surface area contributed by atoms with Gasteiger partial charge in [0, 0.05) is 17.9 Å². The fourth-order valence-electron chi connectivity index (χ4n) is 7.53. The van der Waals surface area contributed by atoms with E-state index in [0.717, 1.165) is 44.9 Å². The topological polar surface area (TPSA) is 83.2 Å². The van der Waals surface area contributed by atoms with Crippen LogP contribution in [-0.2, 0) is 9.53 Å². The van der Waals surface area contributed by atoms with E-state index in [1.807, 2.05) is 0 Å². The predicted molar refractivity (Wildman–Crippen MR) is 109 cm³/mol. The van der Waals surface area contributed by atoms with Crippen molar-refractivity contribution in [1.29, 1.82) is 0 Å². The number of ether oxygens (including phenoxy) is 1. The molecule has 30 heavy (non-hydrogen) atoms. The number of alkyl carbamates (subject to hydrolysis) is 1. The highest BCUT2D eigenvalue weighted by molar-refractivity contribution is 5.88. The highest BCUT2D eigenvalue weighted by atomic mass is 16.6. The number of carbonyl (C=O) groups excluding carboxylic acids is 2. The van der Waals surface area contributed by atoms with Crippen LogP contribution >= 0.6 is 0 Å². The molecule has 7 heteroatoms. The van der Waals surface area contributed by atoms with Gasteiger partial charge in [0.15, 0.2) is 0 Å². The quantitative estimate of drug-likeness (QED) is 0.694. The van der Waals surface area contributed by atoms with Crippen LogP contribution in [0.25, 0.3) is 4.85 Å². The van der Waals surface area contributed by atoms with E-state index >= 15 is 0 Å². The number of likely N-dealkylation sites (tertiary alicyclic amines) is 1. The van der Waals surface area contributed by atoms with E-state index in [-0.39, 0.29) is 11.9 Å². The summed E-state index contributed by atoms with van der Waals surface area (Å²) in [6.45, 7) is 13.0. The van der Waals surface area contributed by atoms with Gasteiger partial charge in [0.2, 0.25) is 0 Å². The van der Waals surface area contributed by atoms with Gasteiger partial charge in [-0.15, -0.1) is 0 Å². The van der Waals surface area contributed by atoms with Crippen molar-refractivity contribution >= 4 is 12.0 Å². The zero-order valence-corrected chi connectivity index (χ0v) is 18.2. The van der Waals surface area contributed by atoms with E-state index in [9.17, 15) is 14.7 Å². The van der Waals surface area contributed by atoms with Crippen molar-refractivity contribution in [2.75, 3.05) is 0 Å². The van der Waals surface area contributed by atoms with Gasteiger partial charge in [0.25, 0.3) is 5.91 Å². The van der Waals surface area contributed by atoms with Crippen LogP contribution < -0.4 is 5.32 Å². The van der Waals surface area contributed by atoms with Gasteiger partial charge in [0.1, 0.15) is 11.6 Å². The van der Waals surface area contributed by atoms with Crippen LogP contribution in [0.3, 0.4) is 0 Å². The van der Waals surface area contributed by atoms with Gasteiger partial charge in [-0.05, 0) is 83.5 Å². The molecule has 1 saturated heterocycles. The third-order valence-electron chi connectivity index (χ3n) is 8.08. The van der Waals surface area contributed by atoms with Gasteiger partial charge < -0.3 is 15.2 Å². The van der Waals surface area contributed by atoms with Crippen molar-refractivity contribution in [1.82, 2.24) is 10.2 Å². The highest BCUT2D eigenvalue weighted by Crippen LogP contribution is 2.63. The normalized spacial score (nSPS) is 44.2. The van der Waals surface area contributed by atoms with Crippen LogP contribution in [0, 0.1) is 29.7 Å². The molecule has 6 fully saturated rings. The first kappa shape index (κ1) is 20.1. The Morgan fingerprint density at radius 3 is 2.40 bits per heavy atom. The molecule has 2 N–H and O–H groups in total. The van der Waals surface area contributed by atoms with Crippen molar-refractivity contribution in [2.45, 2.75) is 102 Å². The Hall–Kier alpha value is -1.81. The smallest absolute Gasteiger partial charge is 0.408 e. The highest BCUT2D eigenvalue weighted by Gasteiger charge is 2.65. The largest absolute Gasteiger partial charge is 0.444 e. The van der Waals surface area contributed by atoms with E-state index in [2.05, 4.69) is 10.2 Å². The molecule has 5 saturated carbocycles. The average Bonchev–Trinajstić information content (AvgIpc) is 3.25. The first-order valence-corrected chi connectivity index (χ1v) is 11.4. The summed E-state index contributed by atoms with van der Waals surface area (Å²) >= 11 is 0. The molecule has 3 unspecified atom stereocenters. The summed E-state index contributed by atoms with van der Waals surface area (Å²) in [5.74, 6) is 1.08. The lowest BCUT2D eigenvalue weighted by Gasteiger charge is -2.62. The minimum absolute atomic E-state index is 0.136. The number of piperidine rings is 1. The second-order valence-electron chi connectivity index (χ2n) is 11.8. The second-order valence-corrected chi connectivity index (χ2v) is 11.8. The standard InChI is InChI=1S/C23H33N3O4/c1-21(2,3)30-20(28)25-18(19(27)26-16-6-15(16)7-17(26)24-4)22-8-13-5-14(9-22)11-23(29,10-13)12-22/h13-18,29H,5-12H2,1-3H3,(H,25,28)/t13?,14?,15-,16-,17-,18?,22?,23?/m0/s1. The van der Waals surface area contributed by atoms with Crippen LogP contribution in [0.5, 0.6) is 0 Å². The molecule has 6 atom stereocenters. The number of aliphatic hydroxyl groups is 1. The lowest BCUT2D eigenvalue weighted by molar-refractivity contribution is -0.180. The van der Waals surface area contributed by atoms with Crippen molar-refractivity contribution in [3.63, 3.8) is 0 Å². The van der Waals surface area contributed by atoms with E-state index in [1.54, 1.807) is 25.7 Å². The molecule has 4 bridgehead atoms. The Bertz CT molecular complexity index is 798. The van der Waals surface area contributed by atoms with Crippen LogP contribution in [0.1, 0.15) is 72.1 Å². The van der Waals surface area contributed by atoms with Gasteiger partial charge in [-0.25, -0.2) is 11.4 Å². The molecular weight excluding hydrogens is 382 g/mol. The Morgan fingerprint density at radius 1 is 1.17 bits per heavy atom. The molecule has 0 aromatic carbocycles. The molecule has 6 rings (SSSR count). The number of amides is 2. The minimum atomic E-state index is -0.742. The van der Waals surface area contributed by atoms with Crippen molar-refractivity contribution < 1.29 is 19.4 Å². The third kappa shape index (κ3) is 3.28. The predicted octanol–water partition coefficient (Wildman–Crippen LogP) is 3.08. The number of hydrogen-bond donors (Lipinski definition) is 2. The van der Waals surface area contributed by atoms with Crippen LogP contribution in [0.15, 0.2) is 0 Å². The number of nitrogens with one attached hydrogen (secondary N) is 1. The molecule has 0 aromatic heterocycles. The van der Waals surface area contributed by atoms with Crippen LogP contribution in [0.4, 0.5) is 4.79 Å². The van der Waals surface area contributed by atoms with Gasteiger partial charge >= 0.3 is 12.3 Å². The lowest BCUT2D eigenvalue weighted by Crippen LogP contribution is -2.66. The number of fused-ring (bicyclic) bond motifs is 1. The number of hydrogen-bond acceptors (Lipinski definition) is 4. The molecule has 1 heterocycles. The van der Waals surface area contributed by atoms with Gasteiger partial charge in [0.05, 0.1) is 5.60 Å². The molecule has 164 valence electrons. The Balaban J connectivity index is 1.47. The minimum Gasteiger partial charge on any atom is -0.444 e. The van der Waals surface area contributed by atoms with E-state index in [1.165, 1.54) is 0 Å². The van der Waals surface area contributed by atoms with Crippen molar-refractivity contribution in [3.05, 3.63) is 11.4 Å². The first-order valence-electron chi connectivity index (χ1n) is 11.4. The zero-order valence-electron chi connectivity index (χ0n) is 18.2. The van der Waals surface area contributed by atoms with Crippen molar-refractivity contribution in [3.8, 4) is 0 Å². The Kier molecular flexibility index (Phi) is 4.26. The molecule has 5 aliphatic carbocycles. The zero-order chi connectivity index (χ0) is 21.5. The molecule has 0 spiro atoms. The summed E-state index contributed by atoms with van der Waals surface area (Å²) in [6.07, 6.45) is 5.64.